The quantitative estimate of drug-likeness (QED) is 0.761. The van der Waals surface area contributed by atoms with Gasteiger partial charge in [0.05, 0.1) is 10.0 Å². The maximum atomic E-state index is 12.8. The van der Waals surface area contributed by atoms with E-state index in [1.807, 2.05) is 0 Å². The number of anilines is 1. The molecule has 7 heteroatoms. The SMILES string of the molecule is O=C(CC(=O)Nc1ccc(Cl)c(Cl)c1)NCCc1ccc(F)cc1. The van der Waals surface area contributed by atoms with Gasteiger partial charge in [-0.25, -0.2) is 4.39 Å². The number of halogens is 3. The average molecular weight is 369 g/mol. The summed E-state index contributed by atoms with van der Waals surface area (Å²) in [7, 11) is 0. The van der Waals surface area contributed by atoms with Gasteiger partial charge < -0.3 is 10.6 Å². The van der Waals surface area contributed by atoms with Gasteiger partial charge in [0, 0.05) is 12.2 Å². The number of rotatable bonds is 6. The molecule has 2 aromatic carbocycles. The summed E-state index contributed by atoms with van der Waals surface area (Å²) in [4.78, 5) is 23.5. The van der Waals surface area contributed by atoms with Crippen LogP contribution in [0.1, 0.15) is 12.0 Å². The molecule has 2 N–H and O–H groups in total. The molecule has 0 aliphatic heterocycles. The molecule has 0 aliphatic carbocycles. The monoisotopic (exact) mass is 368 g/mol. The lowest BCUT2D eigenvalue weighted by Gasteiger charge is -2.07. The Morgan fingerprint density at radius 2 is 1.67 bits per heavy atom. The first-order valence-corrected chi connectivity index (χ1v) is 7.95. The highest BCUT2D eigenvalue weighted by Gasteiger charge is 2.10. The fraction of sp³-hybridized carbons (Fsp3) is 0.176. The molecule has 0 fully saturated rings. The largest absolute Gasteiger partial charge is 0.355 e. The lowest BCUT2D eigenvalue weighted by atomic mass is 10.1. The van der Waals surface area contributed by atoms with Crippen molar-refractivity contribution in [3.05, 3.63) is 63.9 Å². The van der Waals surface area contributed by atoms with Crippen molar-refractivity contribution in [1.29, 1.82) is 0 Å². The third-order valence-corrected chi connectivity index (χ3v) is 3.91. The second kappa shape index (κ2) is 8.66. The van der Waals surface area contributed by atoms with Crippen molar-refractivity contribution in [2.75, 3.05) is 11.9 Å². The molecule has 0 unspecified atom stereocenters. The molecule has 0 aromatic heterocycles. The molecule has 0 saturated heterocycles. The predicted molar refractivity (Wildman–Crippen MR) is 92.8 cm³/mol. The van der Waals surface area contributed by atoms with E-state index in [2.05, 4.69) is 10.6 Å². The van der Waals surface area contributed by atoms with E-state index in [-0.39, 0.29) is 12.2 Å². The summed E-state index contributed by atoms with van der Waals surface area (Å²) in [5, 5.41) is 5.91. The van der Waals surface area contributed by atoms with E-state index in [1.165, 1.54) is 18.2 Å². The second-order valence-electron chi connectivity index (χ2n) is 5.08. The van der Waals surface area contributed by atoms with Crippen LogP contribution in [0.2, 0.25) is 10.0 Å². The van der Waals surface area contributed by atoms with Crippen LogP contribution in [0.3, 0.4) is 0 Å². The van der Waals surface area contributed by atoms with Crippen LogP contribution in [0.25, 0.3) is 0 Å². The maximum Gasteiger partial charge on any atom is 0.233 e. The number of hydrogen-bond donors (Lipinski definition) is 2. The fourth-order valence-corrected chi connectivity index (χ4v) is 2.28. The van der Waals surface area contributed by atoms with Gasteiger partial charge in [0.2, 0.25) is 11.8 Å². The molecule has 2 aromatic rings. The molecule has 4 nitrogen and oxygen atoms in total. The zero-order valence-electron chi connectivity index (χ0n) is 12.6. The minimum Gasteiger partial charge on any atom is -0.355 e. The summed E-state index contributed by atoms with van der Waals surface area (Å²) in [6.07, 6.45) is 0.254. The molecule has 2 rings (SSSR count). The Hall–Kier alpha value is -2.11. The number of carbonyl (C=O) groups is 2. The molecule has 2 amide bonds. The Balaban J connectivity index is 1.74. The number of hydrogen-bond acceptors (Lipinski definition) is 2. The smallest absolute Gasteiger partial charge is 0.233 e. The minimum absolute atomic E-state index is 0.302. The summed E-state index contributed by atoms with van der Waals surface area (Å²) in [5.74, 6) is -1.15. The standard InChI is InChI=1S/C17H15Cl2FN2O2/c18-14-6-5-13(9-15(14)19)22-17(24)10-16(23)21-8-7-11-1-3-12(20)4-2-11/h1-6,9H,7-8,10H2,(H,21,23)(H,22,24). The molecule has 0 spiro atoms. The number of carbonyl (C=O) groups excluding carboxylic acids is 2. The predicted octanol–water partition coefficient (Wildman–Crippen LogP) is 3.82. The molecule has 0 heterocycles. The van der Waals surface area contributed by atoms with E-state index >= 15 is 0 Å². The van der Waals surface area contributed by atoms with Crippen molar-refractivity contribution < 1.29 is 14.0 Å². The summed E-state index contributed by atoms with van der Waals surface area (Å²) in [5.41, 5.74) is 1.37. The Bertz CT molecular complexity index is 736. The van der Waals surface area contributed by atoms with Gasteiger partial charge in [-0.15, -0.1) is 0 Å². The Kier molecular flexibility index (Phi) is 6.58. The molecular formula is C17H15Cl2FN2O2. The second-order valence-corrected chi connectivity index (χ2v) is 5.89. The van der Waals surface area contributed by atoms with Gasteiger partial charge in [-0.2, -0.15) is 0 Å². The third-order valence-electron chi connectivity index (χ3n) is 3.17. The van der Waals surface area contributed by atoms with Crippen LogP contribution in [0.5, 0.6) is 0 Å². The highest BCUT2D eigenvalue weighted by Crippen LogP contribution is 2.24. The first-order chi connectivity index (χ1) is 11.4. The number of amides is 2. The van der Waals surface area contributed by atoms with E-state index in [9.17, 15) is 14.0 Å². The van der Waals surface area contributed by atoms with E-state index in [1.54, 1.807) is 24.3 Å². The first-order valence-electron chi connectivity index (χ1n) is 7.20. The lowest BCUT2D eigenvalue weighted by molar-refractivity contribution is -0.126. The van der Waals surface area contributed by atoms with Gasteiger partial charge in [0.1, 0.15) is 12.2 Å². The van der Waals surface area contributed by atoms with Crippen molar-refractivity contribution in [2.45, 2.75) is 12.8 Å². The summed E-state index contributed by atoms with van der Waals surface area (Å²) < 4.78 is 12.8. The molecule has 0 saturated carbocycles. The highest BCUT2D eigenvalue weighted by atomic mass is 35.5. The van der Waals surface area contributed by atoms with Crippen LogP contribution in [0.4, 0.5) is 10.1 Å². The number of benzene rings is 2. The van der Waals surface area contributed by atoms with Crippen molar-refractivity contribution >= 4 is 40.7 Å². The Labute approximate surface area is 149 Å². The molecule has 0 bridgehead atoms. The van der Waals surface area contributed by atoms with Crippen molar-refractivity contribution in [3.63, 3.8) is 0 Å². The third kappa shape index (κ3) is 5.83. The van der Waals surface area contributed by atoms with Crippen LogP contribution in [0, 0.1) is 5.82 Å². The fourth-order valence-electron chi connectivity index (χ4n) is 1.98. The Morgan fingerprint density at radius 3 is 2.33 bits per heavy atom. The van der Waals surface area contributed by atoms with Gasteiger partial charge in [-0.3, -0.25) is 9.59 Å². The molecular weight excluding hydrogens is 354 g/mol. The number of nitrogens with one attached hydrogen (secondary N) is 2. The van der Waals surface area contributed by atoms with E-state index in [0.717, 1.165) is 5.56 Å². The minimum atomic E-state index is -0.451. The molecule has 126 valence electrons. The molecule has 24 heavy (non-hydrogen) atoms. The summed E-state index contributed by atoms with van der Waals surface area (Å²) >= 11 is 11.6. The van der Waals surface area contributed by atoms with Crippen molar-refractivity contribution in [2.24, 2.45) is 0 Å². The average Bonchev–Trinajstić information content (AvgIpc) is 2.53. The maximum absolute atomic E-state index is 12.8. The first kappa shape index (κ1) is 18.2. The van der Waals surface area contributed by atoms with Gasteiger partial charge >= 0.3 is 0 Å². The van der Waals surface area contributed by atoms with E-state index < -0.39 is 11.8 Å². The highest BCUT2D eigenvalue weighted by molar-refractivity contribution is 6.42. The molecule has 0 aliphatic rings. The van der Waals surface area contributed by atoms with Crippen LogP contribution in [0.15, 0.2) is 42.5 Å². The van der Waals surface area contributed by atoms with Crippen molar-refractivity contribution in [3.8, 4) is 0 Å². The van der Waals surface area contributed by atoms with Gasteiger partial charge in [0.15, 0.2) is 0 Å². The summed E-state index contributed by atoms with van der Waals surface area (Å²) in [6.45, 7) is 0.366. The van der Waals surface area contributed by atoms with E-state index in [0.29, 0.717) is 28.7 Å². The van der Waals surface area contributed by atoms with Crippen molar-refractivity contribution in [1.82, 2.24) is 5.32 Å². The zero-order valence-corrected chi connectivity index (χ0v) is 14.1. The lowest BCUT2D eigenvalue weighted by Crippen LogP contribution is -2.29. The molecule has 0 atom stereocenters. The van der Waals surface area contributed by atoms with E-state index in [4.69, 9.17) is 23.2 Å². The van der Waals surface area contributed by atoms with Gasteiger partial charge in [0.25, 0.3) is 0 Å². The van der Waals surface area contributed by atoms with Crippen LogP contribution >= 0.6 is 23.2 Å². The van der Waals surface area contributed by atoms with Gasteiger partial charge in [-0.05, 0) is 42.3 Å². The van der Waals surface area contributed by atoms with Crippen LogP contribution < -0.4 is 10.6 Å². The van der Waals surface area contributed by atoms with Gasteiger partial charge in [-0.1, -0.05) is 35.3 Å². The van der Waals surface area contributed by atoms with Crippen LogP contribution in [-0.2, 0) is 16.0 Å². The van der Waals surface area contributed by atoms with Crippen LogP contribution in [-0.4, -0.2) is 18.4 Å². The normalized spacial score (nSPS) is 10.3. The molecule has 0 radical (unpaired) electrons. The Morgan fingerprint density at radius 1 is 0.958 bits per heavy atom. The summed E-state index contributed by atoms with van der Waals surface area (Å²) in [6, 6.07) is 10.7. The topological polar surface area (TPSA) is 58.2 Å². The zero-order chi connectivity index (χ0) is 17.5.